The Morgan fingerprint density at radius 1 is 1.17 bits per heavy atom. The van der Waals surface area contributed by atoms with Crippen LogP contribution in [-0.2, 0) is 10.0 Å². The van der Waals surface area contributed by atoms with E-state index in [4.69, 9.17) is 17.3 Å². The third kappa shape index (κ3) is 2.55. The van der Waals surface area contributed by atoms with Gasteiger partial charge in [-0.05, 0) is 24.3 Å². The van der Waals surface area contributed by atoms with E-state index in [-0.39, 0.29) is 21.4 Å². The molecule has 94 valence electrons. The van der Waals surface area contributed by atoms with Crippen molar-refractivity contribution in [2.75, 3.05) is 10.5 Å². The van der Waals surface area contributed by atoms with Crippen molar-refractivity contribution in [3.05, 3.63) is 47.6 Å². The Morgan fingerprint density at radius 3 is 2.56 bits per heavy atom. The van der Waals surface area contributed by atoms with Crippen LogP contribution in [0.5, 0.6) is 0 Å². The molecule has 1 heterocycles. The van der Waals surface area contributed by atoms with E-state index < -0.39 is 10.0 Å². The van der Waals surface area contributed by atoms with Crippen LogP contribution in [0, 0.1) is 0 Å². The molecule has 0 aliphatic carbocycles. The molecule has 0 amide bonds. The van der Waals surface area contributed by atoms with E-state index in [9.17, 15) is 8.42 Å². The van der Waals surface area contributed by atoms with E-state index in [2.05, 4.69) is 9.71 Å². The first-order valence-corrected chi connectivity index (χ1v) is 6.84. The van der Waals surface area contributed by atoms with Gasteiger partial charge in [0.25, 0.3) is 10.0 Å². The number of nitrogens with one attached hydrogen (secondary N) is 1. The van der Waals surface area contributed by atoms with Crippen molar-refractivity contribution in [1.29, 1.82) is 0 Å². The van der Waals surface area contributed by atoms with Gasteiger partial charge in [-0.15, -0.1) is 0 Å². The van der Waals surface area contributed by atoms with Gasteiger partial charge in [-0.3, -0.25) is 4.72 Å². The van der Waals surface area contributed by atoms with Gasteiger partial charge < -0.3 is 5.73 Å². The van der Waals surface area contributed by atoms with Gasteiger partial charge in [-0.1, -0.05) is 23.7 Å². The molecule has 2 aromatic rings. The quantitative estimate of drug-likeness (QED) is 0.845. The van der Waals surface area contributed by atoms with E-state index in [1.807, 2.05) is 0 Å². The lowest BCUT2D eigenvalue weighted by molar-refractivity contribution is 0.601. The number of para-hydroxylation sites is 1. The highest BCUT2D eigenvalue weighted by molar-refractivity contribution is 7.92. The summed E-state index contributed by atoms with van der Waals surface area (Å²) in [4.78, 5) is 3.85. The van der Waals surface area contributed by atoms with Gasteiger partial charge in [0.1, 0.15) is 4.90 Å². The Balaban J connectivity index is 2.40. The summed E-state index contributed by atoms with van der Waals surface area (Å²) >= 11 is 5.84. The molecule has 0 unspecified atom stereocenters. The van der Waals surface area contributed by atoms with E-state index in [0.717, 1.165) is 0 Å². The molecule has 0 spiro atoms. The Hall–Kier alpha value is -1.79. The van der Waals surface area contributed by atoms with Gasteiger partial charge in [-0.25, -0.2) is 13.4 Å². The molecule has 0 atom stereocenters. The van der Waals surface area contributed by atoms with Crippen LogP contribution in [-0.4, -0.2) is 13.4 Å². The number of hydrogen-bond acceptors (Lipinski definition) is 4. The molecule has 1 aromatic carbocycles. The number of aromatic nitrogens is 1. The second-order valence-corrected chi connectivity index (χ2v) is 5.54. The fourth-order valence-corrected chi connectivity index (χ4v) is 2.76. The second kappa shape index (κ2) is 4.83. The maximum Gasteiger partial charge on any atom is 0.265 e. The van der Waals surface area contributed by atoms with Crippen LogP contribution in [0.25, 0.3) is 0 Å². The maximum atomic E-state index is 12.1. The number of hydrogen-bond donors (Lipinski definition) is 2. The minimum atomic E-state index is -3.79. The average Bonchev–Trinajstić information content (AvgIpc) is 2.32. The van der Waals surface area contributed by atoms with Crippen molar-refractivity contribution in [1.82, 2.24) is 4.98 Å². The molecule has 0 radical (unpaired) electrons. The molecule has 3 N–H and O–H groups in total. The number of rotatable bonds is 3. The van der Waals surface area contributed by atoms with Crippen molar-refractivity contribution in [3.63, 3.8) is 0 Å². The fraction of sp³-hybridized carbons (Fsp3) is 0. The predicted molar refractivity (Wildman–Crippen MR) is 70.9 cm³/mol. The normalized spacial score (nSPS) is 11.2. The summed E-state index contributed by atoms with van der Waals surface area (Å²) in [5, 5.41) is 0.218. The molecule has 2 rings (SSSR count). The Kier molecular flexibility index (Phi) is 3.40. The zero-order chi connectivity index (χ0) is 13.2. The van der Waals surface area contributed by atoms with Crippen LogP contribution in [0.15, 0.2) is 47.5 Å². The molecule has 0 aliphatic heterocycles. The molecule has 0 aliphatic rings. The minimum absolute atomic E-state index is 0.00767. The van der Waals surface area contributed by atoms with Crippen LogP contribution < -0.4 is 10.5 Å². The minimum Gasteiger partial charge on any atom is -0.398 e. The topological polar surface area (TPSA) is 85.1 Å². The zero-order valence-electron chi connectivity index (χ0n) is 9.17. The molecule has 0 saturated carbocycles. The van der Waals surface area contributed by atoms with Crippen LogP contribution in [0.2, 0.25) is 5.02 Å². The summed E-state index contributed by atoms with van der Waals surface area (Å²) in [7, 11) is -3.79. The number of halogens is 1. The number of nitrogens with two attached hydrogens (primary N) is 1. The SMILES string of the molecule is Nc1ccccc1S(=O)(=O)Nc1ncccc1Cl. The Morgan fingerprint density at radius 2 is 1.89 bits per heavy atom. The number of pyridine rings is 1. The highest BCUT2D eigenvalue weighted by atomic mass is 35.5. The van der Waals surface area contributed by atoms with Gasteiger partial charge in [0, 0.05) is 6.20 Å². The molecule has 5 nitrogen and oxygen atoms in total. The fourth-order valence-electron chi connectivity index (χ4n) is 1.37. The molecule has 0 bridgehead atoms. The summed E-state index contributed by atoms with van der Waals surface area (Å²) in [6.07, 6.45) is 1.44. The maximum absolute atomic E-state index is 12.1. The number of sulfonamides is 1. The first-order valence-electron chi connectivity index (χ1n) is 4.98. The third-order valence-corrected chi connectivity index (χ3v) is 3.92. The predicted octanol–water partition coefficient (Wildman–Crippen LogP) is 2.12. The lowest BCUT2D eigenvalue weighted by Crippen LogP contribution is -2.15. The first kappa shape index (κ1) is 12.7. The average molecular weight is 284 g/mol. The summed E-state index contributed by atoms with van der Waals surface area (Å²) < 4.78 is 26.5. The highest BCUT2D eigenvalue weighted by Gasteiger charge is 2.18. The lowest BCUT2D eigenvalue weighted by Gasteiger charge is -2.09. The van der Waals surface area contributed by atoms with Crippen molar-refractivity contribution in [2.45, 2.75) is 4.90 Å². The molecule has 1 aromatic heterocycles. The molecule has 18 heavy (non-hydrogen) atoms. The number of nitrogens with zero attached hydrogens (tertiary/aromatic N) is 1. The van der Waals surface area contributed by atoms with Gasteiger partial charge in [0.15, 0.2) is 5.82 Å². The van der Waals surface area contributed by atoms with Crippen molar-refractivity contribution < 1.29 is 8.42 Å². The van der Waals surface area contributed by atoms with Gasteiger partial charge in [0.05, 0.1) is 10.7 Å². The van der Waals surface area contributed by atoms with Crippen molar-refractivity contribution in [2.24, 2.45) is 0 Å². The molecule has 0 fully saturated rings. The Labute approximate surface area is 110 Å². The number of benzene rings is 1. The van der Waals surface area contributed by atoms with Crippen molar-refractivity contribution in [3.8, 4) is 0 Å². The third-order valence-electron chi connectivity index (χ3n) is 2.20. The first-order chi connectivity index (χ1) is 8.50. The monoisotopic (exact) mass is 283 g/mol. The molecule has 7 heteroatoms. The van der Waals surface area contributed by atoms with Crippen LogP contribution in [0.4, 0.5) is 11.5 Å². The van der Waals surface area contributed by atoms with Gasteiger partial charge in [-0.2, -0.15) is 0 Å². The van der Waals surface area contributed by atoms with E-state index >= 15 is 0 Å². The van der Waals surface area contributed by atoms with Gasteiger partial charge >= 0.3 is 0 Å². The van der Waals surface area contributed by atoms with Gasteiger partial charge in [0.2, 0.25) is 0 Å². The zero-order valence-corrected chi connectivity index (χ0v) is 10.7. The largest absolute Gasteiger partial charge is 0.398 e. The van der Waals surface area contributed by atoms with Crippen LogP contribution >= 0.6 is 11.6 Å². The Bertz CT molecular complexity index is 673. The standard InChI is InChI=1S/C11H10ClN3O2S/c12-8-4-3-7-14-11(8)15-18(16,17)10-6-2-1-5-9(10)13/h1-7H,13H2,(H,14,15). The second-order valence-electron chi connectivity index (χ2n) is 3.48. The molecule has 0 saturated heterocycles. The van der Waals surface area contributed by atoms with E-state index in [1.165, 1.54) is 18.3 Å². The van der Waals surface area contributed by atoms with E-state index in [0.29, 0.717) is 0 Å². The van der Waals surface area contributed by atoms with Crippen LogP contribution in [0.3, 0.4) is 0 Å². The highest BCUT2D eigenvalue weighted by Crippen LogP contribution is 2.24. The lowest BCUT2D eigenvalue weighted by atomic mass is 10.3. The number of anilines is 2. The van der Waals surface area contributed by atoms with Crippen LogP contribution in [0.1, 0.15) is 0 Å². The number of nitrogen functional groups attached to an aromatic ring is 1. The van der Waals surface area contributed by atoms with E-state index in [1.54, 1.807) is 24.3 Å². The smallest absolute Gasteiger partial charge is 0.265 e. The van der Waals surface area contributed by atoms with Crippen molar-refractivity contribution >= 4 is 33.1 Å². The molecular formula is C11H10ClN3O2S. The molecular weight excluding hydrogens is 274 g/mol. The summed E-state index contributed by atoms with van der Waals surface area (Å²) in [6.45, 7) is 0. The summed E-state index contributed by atoms with van der Waals surface area (Å²) in [5.74, 6) is 0.0717. The summed E-state index contributed by atoms with van der Waals surface area (Å²) in [5.41, 5.74) is 5.79. The summed E-state index contributed by atoms with van der Waals surface area (Å²) in [6, 6.07) is 9.31.